The highest BCUT2D eigenvalue weighted by atomic mass is 19.1. The first-order valence-corrected chi connectivity index (χ1v) is 4.93. The van der Waals surface area contributed by atoms with Gasteiger partial charge in [0, 0.05) is 0 Å². The van der Waals surface area contributed by atoms with Crippen molar-refractivity contribution in [3.05, 3.63) is 22.5 Å². The number of nitrogens with two attached hydrogens (primary N) is 1. The fraction of sp³-hybridized carbons (Fsp3) is 0.556. The average Bonchev–Trinajstić information content (AvgIpc) is 2.94. The maximum absolute atomic E-state index is 13.2. The molecule has 3 heterocycles. The lowest BCUT2D eigenvalue weighted by molar-refractivity contribution is -0.0612. The van der Waals surface area contributed by atoms with Crippen LogP contribution >= 0.6 is 0 Å². The van der Waals surface area contributed by atoms with Crippen LogP contribution in [0.3, 0.4) is 0 Å². The summed E-state index contributed by atoms with van der Waals surface area (Å²) in [5.74, 6) is -1.14. The maximum atomic E-state index is 13.2. The molecule has 0 aliphatic carbocycles. The van der Waals surface area contributed by atoms with Gasteiger partial charge in [0.25, 0.3) is 0 Å². The van der Waals surface area contributed by atoms with Gasteiger partial charge in [-0.1, -0.05) is 0 Å². The highest BCUT2D eigenvalue weighted by Crippen LogP contribution is 2.44. The van der Waals surface area contributed by atoms with Crippen molar-refractivity contribution in [2.24, 2.45) is 0 Å². The minimum Gasteiger partial charge on any atom is -0.381 e. The second-order valence-corrected chi connectivity index (χ2v) is 3.96. The molecular weight excluding hydrogens is 217 g/mol. The minimum absolute atomic E-state index is 0.00230. The normalized spacial score (nSPS) is 36.1. The van der Waals surface area contributed by atoms with E-state index in [9.17, 15) is 9.18 Å². The van der Waals surface area contributed by atoms with E-state index in [0.29, 0.717) is 0 Å². The number of hydrogen-bond acceptors (Lipinski definition) is 5. The zero-order valence-electron chi connectivity index (χ0n) is 8.46. The van der Waals surface area contributed by atoms with Crippen molar-refractivity contribution in [3.8, 4) is 0 Å². The summed E-state index contributed by atoms with van der Waals surface area (Å²) in [6, 6.07) is 0. The summed E-state index contributed by atoms with van der Waals surface area (Å²) in [4.78, 5) is 14.9. The first kappa shape index (κ1) is 9.73. The van der Waals surface area contributed by atoms with Crippen molar-refractivity contribution in [3.63, 3.8) is 0 Å². The number of rotatable bonds is 1. The third-order valence-electron chi connectivity index (χ3n) is 2.87. The average molecular weight is 227 g/mol. The van der Waals surface area contributed by atoms with Gasteiger partial charge in [-0.05, 0) is 6.92 Å². The van der Waals surface area contributed by atoms with Gasteiger partial charge in [0.1, 0.15) is 12.2 Å². The Morgan fingerprint density at radius 3 is 2.81 bits per heavy atom. The lowest BCUT2D eigenvalue weighted by Gasteiger charge is -2.16. The number of fused-ring (bicyclic) bond motifs is 1. The van der Waals surface area contributed by atoms with Gasteiger partial charge in [-0.25, -0.2) is 9.18 Å². The molecule has 86 valence electrons. The van der Waals surface area contributed by atoms with Gasteiger partial charge >= 0.3 is 5.69 Å². The summed E-state index contributed by atoms with van der Waals surface area (Å²) in [6.45, 7) is 1.84. The van der Waals surface area contributed by atoms with Crippen LogP contribution in [0.15, 0.2) is 11.0 Å². The van der Waals surface area contributed by atoms with Crippen LogP contribution in [0.4, 0.5) is 10.2 Å². The van der Waals surface area contributed by atoms with Crippen molar-refractivity contribution >= 4 is 5.82 Å². The maximum Gasteiger partial charge on any atom is 0.351 e. The summed E-state index contributed by atoms with van der Waals surface area (Å²) >= 11 is 0. The van der Waals surface area contributed by atoms with Crippen molar-refractivity contribution in [2.75, 3.05) is 5.73 Å². The van der Waals surface area contributed by atoms with Crippen LogP contribution in [0.2, 0.25) is 0 Å². The molecule has 0 radical (unpaired) electrons. The van der Waals surface area contributed by atoms with Crippen LogP contribution in [0.25, 0.3) is 0 Å². The SMILES string of the molecule is C[C@H]1O[C@@H](n2cc(F)c(N)nc2=O)[C@H]2O[C@H]21. The lowest BCUT2D eigenvalue weighted by Crippen LogP contribution is -2.31. The molecule has 6 nitrogen and oxygen atoms in total. The van der Waals surface area contributed by atoms with Crippen molar-refractivity contribution < 1.29 is 13.9 Å². The summed E-state index contributed by atoms with van der Waals surface area (Å²) in [6.07, 6.45) is 0.124. The number of ether oxygens (including phenoxy) is 2. The molecule has 2 aliphatic heterocycles. The molecule has 0 saturated carbocycles. The predicted octanol–water partition coefficient (Wildman–Crippen LogP) is -0.351. The van der Waals surface area contributed by atoms with Crippen LogP contribution < -0.4 is 11.4 Å². The van der Waals surface area contributed by atoms with Gasteiger partial charge in [-0.2, -0.15) is 4.98 Å². The first-order chi connectivity index (χ1) is 7.58. The van der Waals surface area contributed by atoms with Crippen molar-refractivity contribution in [1.82, 2.24) is 9.55 Å². The molecule has 1 aromatic heterocycles. The molecule has 16 heavy (non-hydrogen) atoms. The van der Waals surface area contributed by atoms with Gasteiger partial charge in [0.05, 0.1) is 12.3 Å². The molecular formula is C9H10FN3O3. The third kappa shape index (κ3) is 1.25. The monoisotopic (exact) mass is 227 g/mol. The van der Waals surface area contributed by atoms with Gasteiger partial charge < -0.3 is 15.2 Å². The fourth-order valence-electron chi connectivity index (χ4n) is 1.98. The molecule has 2 fully saturated rings. The zero-order chi connectivity index (χ0) is 11.4. The molecule has 0 unspecified atom stereocenters. The zero-order valence-corrected chi connectivity index (χ0v) is 8.46. The number of nitrogen functional groups attached to an aromatic ring is 1. The Bertz CT molecular complexity index is 503. The molecule has 2 aliphatic rings. The number of hydrogen-bond donors (Lipinski definition) is 1. The van der Waals surface area contributed by atoms with Crippen LogP contribution in [-0.2, 0) is 9.47 Å². The Kier molecular flexibility index (Phi) is 1.84. The number of nitrogens with zero attached hydrogens (tertiary/aromatic N) is 2. The Balaban J connectivity index is 2.01. The van der Waals surface area contributed by atoms with Crippen LogP contribution in [0.5, 0.6) is 0 Å². The standard InChI is InChI=1S/C9H10FN3O3/c1-3-5-6(16-5)8(15-3)13-2-4(10)7(11)12-9(13)14/h2-3,5-6,8H,1H3,(H2,11,12,14)/t3-,5+,6+,8-/m1/s1. The summed E-state index contributed by atoms with van der Waals surface area (Å²) in [7, 11) is 0. The van der Waals surface area contributed by atoms with E-state index in [0.717, 1.165) is 10.8 Å². The number of aromatic nitrogens is 2. The van der Waals surface area contributed by atoms with Gasteiger partial charge in [0.2, 0.25) is 0 Å². The summed E-state index contributed by atoms with van der Waals surface area (Å²) < 4.78 is 25.1. The Morgan fingerprint density at radius 1 is 1.50 bits per heavy atom. The van der Waals surface area contributed by atoms with Gasteiger partial charge in [0.15, 0.2) is 17.9 Å². The molecule has 0 amide bonds. The first-order valence-electron chi connectivity index (χ1n) is 4.93. The van der Waals surface area contributed by atoms with Crippen LogP contribution in [0, 0.1) is 5.82 Å². The molecule has 0 aromatic carbocycles. The number of anilines is 1. The quantitative estimate of drug-likeness (QED) is 0.663. The Hall–Kier alpha value is -1.47. The molecule has 3 rings (SSSR count). The van der Waals surface area contributed by atoms with Gasteiger partial charge in [-0.15, -0.1) is 0 Å². The largest absolute Gasteiger partial charge is 0.381 e. The smallest absolute Gasteiger partial charge is 0.351 e. The van der Waals surface area contributed by atoms with Crippen LogP contribution in [-0.4, -0.2) is 27.9 Å². The Labute approximate surface area is 89.8 Å². The molecule has 4 atom stereocenters. The molecule has 2 N–H and O–H groups in total. The van der Waals surface area contributed by atoms with E-state index in [-0.39, 0.29) is 18.3 Å². The van der Waals surface area contributed by atoms with E-state index >= 15 is 0 Å². The van der Waals surface area contributed by atoms with E-state index in [2.05, 4.69) is 4.98 Å². The molecule has 7 heteroatoms. The third-order valence-corrected chi connectivity index (χ3v) is 2.87. The van der Waals surface area contributed by atoms with E-state index in [1.807, 2.05) is 6.92 Å². The van der Waals surface area contributed by atoms with E-state index in [1.165, 1.54) is 0 Å². The molecule has 2 saturated heterocycles. The molecule has 0 spiro atoms. The molecule has 0 bridgehead atoms. The topological polar surface area (TPSA) is 82.7 Å². The highest BCUT2D eigenvalue weighted by Gasteiger charge is 2.57. The van der Waals surface area contributed by atoms with E-state index < -0.39 is 23.6 Å². The van der Waals surface area contributed by atoms with Crippen LogP contribution in [0.1, 0.15) is 13.2 Å². The van der Waals surface area contributed by atoms with E-state index in [1.54, 1.807) is 0 Å². The predicted molar refractivity (Wildman–Crippen MR) is 51.1 cm³/mol. The Morgan fingerprint density at radius 2 is 2.25 bits per heavy atom. The van der Waals surface area contributed by atoms with Crippen molar-refractivity contribution in [1.29, 1.82) is 0 Å². The van der Waals surface area contributed by atoms with Gasteiger partial charge in [-0.3, -0.25) is 4.57 Å². The second-order valence-electron chi connectivity index (χ2n) is 3.96. The number of epoxide rings is 1. The number of halogens is 1. The second kappa shape index (κ2) is 3.02. The lowest BCUT2D eigenvalue weighted by atomic mass is 10.2. The summed E-state index contributed by atoms with van der Waals surface area (Å²) in [5.41, 5.74) is 4.56. The highest BCUT2D eigenvalue weighted by molar-refractivity contribution is 5.26. The fourth-order valence-corrected chi connectivity index (χ4v) is 1.98. The van der Waals surface area contributed by atoms with E-state index in [4.69, 9.17) is 15.2 Å². The minimum atomic E-state index is -0.736. The molecule has 1 aromatic rings. The summed E-state index contributed by atoms with van der Waals surface area (Å²) in [5, 5.41) is 0. The van der Waals surface area contributed by atoms with Crippen molar-refractivity contribution in [2.45, 2.75) is 31.5 Å².